The summed E-state index contributed by atoms with van der Waals surface area (Å²) in [7, 11) is 3.28. The molecule has 1 aliphatic heterocycles. The van der Waals surface area contributed by atoms with Crippen molar-refractivity contribution in [3.63, 3.8) is 0 Å². The smallest absolute Gasteiger partial charge is 0.227 e. The quantitative estimate of drug-likeness (QED) is 0.702. The Kier molecular flexibility index (Phi) is 5.49. The van der Waals surface area contributed by atoms with E-state index in [2.05, 4.69) is 10.1 Å². The van der Waals surface area contributed by atoms with Gasteiger partial charge in [-0.25, -0.2) is 9.67 Å². The van der Waals surface area contributed by atoms with Gasteiger partial charge in [0.2, 0.25) is 5.91 Å². The van der Waals surface area contributed by atoms with Gasteiger partial charge in [0.1, 0.15) is 12.2 Å². The second-order valence-electron chi connectivity index (χ2n) is 4.90. The van der Waals surface area contributed by atoms with Gasteiger partial charge >= 0.3 is 0 Å². The first kappa shape index (κ1) is 14.9. The molecule has 0 saturated carbocycles. The van der Waals surface area contributed by atoms with Crippen molar-refractivity contribution >= 4 is 5.91 Å². The van der Waals surface area contributed by atoms with Crippen LogP contribution in [0.1, 0.15) is 12.2 Å². The molecule has 1 atom stereocenters. The van der Waals surface area contributed by atoms with Crippen LogP contribution >= 0.6 is 0 Å². The highest BCUT2D eigenvalue weighted by molar-refractivity contribution is 5.79. The van der Waals surface area contributed by atoms with Crippen LogP contribution in [0.3, 0.4) is 0 Å². The predicted octanol–water partition coefficient (Wildman–Crippen LogP) is -0.0381. The maximum Gasteiger partial charge on any atom is 0.227 e. The molecule has 7 heteroatoms. The lowest BCUT2D eigenvalue weighted by molar-refractivity contribution is -0.138. The molecule has 1 amide bonds. The van der Waals surface area contributed by atoms with E-state index in [1.807, 2.05) is 9.58 Å². The van der Waals surface area contributed by atoms with E-state index in [4.69, 9.17) is 9.47 Å². The van der Waals surface area contributed by atoms with Crippen molar-refractivity contribution in [2.75, 3.05) is 40.5 Å². The molecule has 0 saturated heterocycles. The third kappa shape index (κ3) is 3.55. The van der Waals surface area contributed by atoms with Gasteiger partial charge in [0.05, 0.1) is 25.7 Å². The Morgan fingerprint density at radius 2 is 2.10 bits per heavy atom. The third-order valence-corrected chi connectivity index (χ3v) is 3.60. The summed E-state index contributed by atoms with van der Waals surface area (Å²) in [6.45, 7) is 2.89. The monoisotopic (exact) mass is 282 g/mol. The fraction of sp³-hybridized carbons (Fsp3) is 0.769. The highest BCUT2D eigenvalue weighted by Gasteiger charge is 2.29. The number of ether oxygens (including phenoxy) is 2. The number of methoxy groups -OCH3 is 2. The number of fused-ring (bicyclic) bond motifs is 1. The lowest BCUT2D eigenvalue weighted by Gasteiger charge is -2.29. The van der Waals surface area contributed by atoms with E-state index in [1.165, 1.54) is 0 Å². The predicted molar refractivity (Wildman–Crippen MR) is 72.2 cm³/mol. The number of carbonyl (C=O) groups excluding carboxylic acids is 1. The number of aryl methyl sites for hydroxylation is 1. The average Bonchev–Trinajstić information content (AvgIpc) is 2.94. The largest absolute Gasteiger partial charge is 0.383 e. The Hall–Kier alpha value is -1.47. The zero-order chi connectivity index (χ0) is 14.4. The van der Waals surface area contributed by atoms with E-state index in [9.17, 15) is 4.79 Å². The Balaban J connectivity index is 1.96. The fourth-order valence-corrected chi connectivity index (χ4v) is 2.43. The Bertz CT molecular complexity index is 427. The highest BCUT2D eigenvalue weighted by atomic mass is 16.5. The summed E-state index contributed by atoms with van der Waals surface area (Å²) in [4.78, 5) is 18.6. The number of carbonyl (C=O) groups is 1. The van der Waals surface area contributed by atoms with Crippen molar-refractivity contribution in [1.82, 2.24) is 19.7 Å². The topological polar surface area (TPSA) is 69.5 Å². The SMILES string of the molecule is COCCN(CCOC)C(=O)C1CCc2ncnn2C1. The Morgan fingerprint density at radius 1 is 1.40 bits per heavy atom. The van der Waals surface area contributed by atoms with Crippen molar-refractivity contribution in [3.05, 3.63) is 12.2 Å². The van der Waals surface area contributed by atoms with Gasteiger partial charge in [-0.15, -0.1) is 0 Å². The highest BCUT2D eigenvalue weighted by Crippen LogP contribution is 2.19. The molecular formula is C13H22N4O3. The van der Waals surface area contributed by atoms with Crippen LogP contribution in [-0.2, 0) is 27.2 Å². The second-order valence-corrected chi connectivity index (χ2v) is 4.90. The van der Waals surface area contributed by atoms with Crippen LogP contribution in [0.15, 0.2) is 6.33 Å². The van der Waals surface area contributed by atoms with E-state index in [1.54, 1.807) is 20.5 Å². The van der Waals surface area contributed by atoms with Crippen molar-refractivity contribution in [1.29, 1.82) is 0 Å². The Morgan fingerprint density at radius 3 is 2.75 bits per heavy atom. The average molecular weight is 282 g/mol. The molecule has 1 aromatic heterocycles. The third-order valence-electron chi connectivity index (χ3n) is 3.60. The van der Waals surface area contributed by atoms with Gasteiger partial charge in [-0.2, -0.15) is 5.10 Å². The molecule has 20 heavy (non-hydrogen) atoms. The first-order chi connectivity index (χ1) is 9.76. The van der Waals surface area contributed by atoms with Crippen LogP contribution in [0.25, 0.3) is 0 Å². The molecule has 1 aliphatic rings. The summed E-state index contributed by atoms with van der Waals surface area (Å²) in [5.41, 5.74) is 0. The minimum atomic E-state index is -0.0297. The number of amides is 1. The van der Waals surface area contributed by atoms with E-state index in [0.29, 0.717) is 32.8 Å². The van der Waals surface area contributed by atoms with Gasteiger partial charge in [-0.3, -0.25) is 4.79 Å². The maximum absolute atomic E-state index is 12.6. The first-order valence-corrected chi connectivity index (χ1v) is 6.89. The minimum absolute atomic E-state index is 0.0297. The lowest BCUT2D eigenvalue weighted by Crippen LogP contribution is -2.43. The molecule has 1 unspecified atom stereocenters. The number of nitrogens with zero attached hydrogens (tertiary/aromatic N) is 4. The molecule has 7 nitrogen and oxygen atoms in total. The van der Waals surface area contributed by atoms with Crippen molar-refractivity contribution in [2.24, 2.45) is 5.92 Å². The molecule has 1 aromatic rings. The number of hydrogen-bond donors (Lipinski definition) is 0. The molecule has 2 heterocycles. The van der Waals surface area contributed by atoms with Crippen molar-refractivity contribution < 1.29 is 14.3 Å². The first-order valence-electron chi connectivity index (χ1n) is 6.89. The van der Waals surface area contributed by atoms with Gasteiger partial charge in [-0.05, 0) is 6.42 Å². The van der Waals surface area contributed by atoms with Crippen molar-refractivity contribution in [2.45, 2.75) is 19.4 Å². The summed E-state index contributed by atoms with van der Waals surface area (Å²) in [6.07, 6.45) is 3.18. The zero-order valence-corrected chi connectivity index (χ0v) is 12.1. The molecule has 0 fully saturated rings. The van der Waals surface area contributed by atoms with Gasteiger partial charge in [0.15, 0.2) is 0 Å². The van der Waals surface area contributed by atoms with Crippen LogP contribution < -0.4 is 0 Å². The van der Waals surface area contributed by atoms with E-state index in [-0.39, 0.29) is 11.8 Å². The summed E-state index contributed by atoms with van der Waals surface area (Å²) in [6, 6.07) is 0. The molecule has 0 bridgehead atoms. The van der Waals surface area contributed by atoms with E-state index >= 15 is 0 Å². The Labute approximate surface area is 118 Å². The van der Waals surface area contributed by atoms with Crippen LogP contribution in [0, 0.1) is 5.92 Å². The molecule has 2 rings (SSSR count). The van der Waals surface area contributed by atoms with Crippen molar-refractivity contribution in [3.8, 4) is 0 Å². The number of hydrogen-bond acceptors (Lipinski definition) is 5. The molecule has 112 valence electrons. The summed E-state index contributed by atoms with van der Waals surface area (Å²) in [5, 5.41) is 4.16. The summed E-state index contributed by atoms with van der Waals surface area (Å²) in [5.74, 6) is 1.09. The summed E-state index contributed by atoms with van der Waals surface area (Å²) < 4.78 is 12.0. The summed E-state index contributed by atoms with van der Waals surface area (Å²) >= 11 is 0. The lowest BCUT2D eigenvalue weighted by atomic mass is 9.98. The van der Waals surface area contributed by atoms with Crippen LogP contribution in [0.5, 0.6) is 0 Å². The minimum Gasteiger partial charge on any atom is -0.383 e. The van der Waals surface area contributed by atoms with Crippen LogP contribution in [0.2, 0.25) is 0 Å². The molecule has 0 aromatic carbocycles. The number of rotatable bonds is 7. The molecule has 0 aliphatic carbocycles. The molecule has 0 N–H and O–H groups in total. The van der Waals surface area contributed by atoms with Gasteiger partial charge in [-0.1, -0.05) is 0 Å². The zero-order valence-electron chi connectivity index (χ0n) is 12.1. The second kappa shape index (κ2) is 7.35. The maximum atomic E-state index is 12.6. The van der Waals surface area contributed by atoms with E-state index in [0.717, 1.165) is 18.7 Å². The fourth-order valence-electron chi connectivity index (χ4n) is 2.43. The van der Waals surface area contributed by atoms with Gasteiger partial charge in [0.25, 0.3) is 0 Å². The van der Waals surface area contributed by atoms with Gasteiger partial charge in [0, 0.05) is 33.7 Å². The molecule has 0 radical (unpaired) electrons. The molecule has 0 spiro atoms. The van der Waals surface area contributed by atoms with Crippen LogP contribution in [-0.4, -0.2) is 66.1 Å². The van der Waals surface area contributed by atoms with E-state index < -0.39 is 0 Å². The normalized spacial score (nSPS) is 17.8. The number of aromatic nitrogens is 3. The standard InChI is InChI=1S/C13H22N4O3/c1-19-7-5-16(6-8-20-2)13(18)11-3-4-12-14-10-15-17(12)9-11/h10-11H,3-9H2,1-2H3. The van der Waals surface area contributed by atoms with Crippen LogP contribution in [0.4, 0.5) is 0 Å². The van der Waals surface area contributed by atoms with Gasteiger partial charge < -0.3 is 14.4 Å². The molecular weight excluding hydrogens is 260 g/mol.